The van der Waals surface area contributed by atoms with Crippen molar-refractivity contribution >= 4 is 28.3 Å². The van der Waals surface area contributed by atoms with E-state index in [-0.39, 0.29) is 5.92 Å². The highest BCUT2D eigenvalue weighted by molar-refractivity contribution is 5.91. The number of fused-ring (bicyclic) bond motifs is 2. The van der Waals surface area contributed by atoms with E-state index < -0.39 is 6.09 Å². The average molecular weight is 377 g/mol. The molecule has 1 aliphatic heterocycles. The number of benzene rings is 1. The molecule has 142 valence electrons. The van der Waals surface area contributed by atoms with Crippen molar-refractivity contribution < 1.29 is 9.90 Å². The Morgan fingerprint density at radius 1 is 1.25 bits per heavy atom. The average Bonchev–Trinajstić information content (AvgIpc) is 3.30. The number of nitrogens with one attached hydrogen (secondary N) is 1. The van der Waals surface area contributed by atoms with Crippen molar-refractivity contribution in [1.82, 2.24) is 29.5 Å². The van der Waals surface area contributed by atoms with Crippen molar-refractivity contribution in [1.29, 1.82) is 0 Å². The number of piperidine rings is 1. The first-order valence-corrected chi connectivity index (χ1v) is 9.17. The fourth-order valence-electron chi connectivity index (χ4n) is 3.96. The lowest BCUT2D eigenvalue weighted by Crippen LogP contribution is -2.37. The van der Waals surface area contributed by atoms with E-state index in [4.69, 9.17) is 10.7 Å². The third kappa shape index (κ3) is 2.55. The molecule has 0 bridgehead atoms. The smallest absolute Gasteiger partial charge is 0.407 e. The molecule has 3 aromatic heterocycles. The molecule has 0 saturated carbocycles. The van der Waals surface area contributed by atoms with Crippen LogP contribution < -0.4 is 5.73 Å². The Kier molecular flexibility index (Phi) is 3.68. The number of imidazole rings is 1. The molecule has 5 rings (SSSR count). The molecule has 1 fully saturated rings. The molecule has 1 aromatic carbocycles. The number of carbonyl (C=O) groups is 1. The van der Waals surface area contributed by atoms with Crippen molar-refractivity contribution in [2.75, 3.05) is 18.8 Å². The number of nitrogen functional groups attached to an aromatic ring is 1. The summed E-state index contributed by atoms with van der Waals surface area (Å²) in [5.41, 5.74) is 9.44. The molecule has 4 N–H and O–H groups in total. The number of carboxylic acid groups (broad SMARTS) is 1. The highest BCUT2D eigenvalue weighted by Crippen LogP contribution is 2.34. The summed E-state index contributed by atoms with van der Waals surface area (Å²) < 4.78 is 1.75. The van der Waals surface area contributed by atoms with E-state index in [9.17, 15) is 9.90 Å². The molecule has 4 heterocycles. The van der Waals surface area contributed by atoms with Gasteiger partial charge in [-0.1, -0.05) is 18.2 Å². The number of nitrogens with two attached hydrogens (primary N) is 1. The lowest BCUT2D eigenvalue weighted by molar-refractivity contribution is 0.131. The van der Waals surface area contributed by atoms with Gasteiger partial charge in [0.15, 0.2) is 5.82 Å². The summed E-state index contributed by atoms with van der Waals surface area (Å²) in [6, 6.07) is 10.1. The Bertz CT molecular complexity index is 1150. The van der Waals surface area contributed by atoms with Gasteiger partial charge in [0.25, 0.3) is 0 Å². The second-order valence-electron chi connectivity index (χ2n) is 7.04. The second kappa shape index (κ2) is 6.22. The SMILES string of the molecule is Nc1ncnn2c(C3CCN(C(=O)O)CC3)nc(-c3cc4ccccc4[nH]3)c12. The highest BCUT2D eigenvalue weighted by atomic mass is 16.4. The quantitative estimate of drug-likeness (QED) is 0.493. The Hall–Kier alpha value is -3.62. The van der Waals surface area contributed by atoms with Crippen molar-refractivity contribution in [2.24, 2.45) is 0 Å². The van der Waals surface area contributed by atoms with Crippen molar-refractivity contribution in [2.45, 2.75) is 18.8 Å². The van der Waals surface area contributed by atoms with E-state index in [0.29, 0.717) is 43.0 Å². The first-order valence-electron chi connectivity index (χ1n) is 9.17. The third-order valence-electron chi connectivity index (χ3n) is 5.40. The van der Waals surface area contributed by atoms with Crippen LogP contribution in [0.25, 0.3) is 27.8 Å². The van der Waals surface area contributed by atoms with Gasteiger partial charge in [-0.3, -0.25) is 0 Å². The summed E-state index contributed by atoms with van der Waals surface area (Å²) in [5.74, 6) is 1.27. The number of para-hydroxylation sites is 1. The standard InChI is InChI=1S/C19H19N7O2/c20-17-16-15(14-9-12-3-1-2-4-13(12)23-14)24-18(26(16)22-10-21-17)11-5-7-25(8-6-11)19(27)28/h1-4,9-11,23H,5-8H2,(H,27,28)(H2,20,21,22). The van der Waals surface area contributed by atoms with Crippen molar-refractivity contribution in [3.8, 4) is 11.4 Å². The maximum Gasteiger partial charge on any atom is 0.407 e. The normalized spacial score (nSPS) is 15.5. The van der Waals surface area contributed by atoms with Gasteiger partial charge in [0.2, 0.25) is 0 Å². The number of H-pyrrole nitrogens is 1. The molecule has 28 heavy (non-hydrogen) atoms. The van der Waals surface area contributed by atoms with Gasteiger partial charge in [-0.25, -0.2) is 19.3 Å². The fraction of sp³-hybridized carbons (Fsp3) is 0.263. The molecule has 1 aliphatic rings. The molecule has 0 atom stereocenters. The summed E-state index contributed by atoms with van der Waals surface area (Å²) >= 11 is 0. The van der Waals surface area contributed by atoms with Gasteiger partial charge < -0.3 is 20.7 Å². The zero-order chi connectivity index (χ0) is 19.3. The first kappa shape index (κ1) is 16.5. The van der Waals surface area contributed by atoms with Gasteiger partial charge in [0.1, 0.15) is 23.4 Å². The van der Waals surface area contributed by atoms with Crippen LogP contribution in [0, 0.1) is 0 Å². The molecule has 4 aromatic rings. The minimum atomic E-state index is -0.878. The molecule has 1 amide bonds. The molecule has 0 unspecified atom stereocenters. The Balaban J connectivity index is 1.62. The predicted octanol–water partition coefficient (Wildman–Crippen LogP) is 2.71. The maximum atomic E-state index is 11.2. The number of anilines is 1. The van der Waals surface area contributed by atoms with E-state index in [1.54, 1.807) is 4.52 Å². The zero-order valence-corrected chi connectivity index (χ0v) is 15.0. The second-order valence-corrected chi connectivity index (χ2v) is 7.04. The number of nitrogens with zero attached hydrogens (tertiary/aromatic N) is 5. The Morgan fingerprint density at radius 2 is 2.04 bits per heavy atom. The number of rotatable bonds is 2. The Morgan fingerprint density at radius 3 is 2.79 bits per heavy atom. The van der Waals surface area contributed by atoms with E-state index in [0.717, 1.165) is 22.4 Å². The van der Waals surface area contributed by atoms with E-state index in [1.807, 2.05) is 30.3 Å². The largest absolute Gasteiger partial charge is 0.465 e. The first-order chi connectivity index (χ1) is 13.6. The van der Waals surface area contributed by atoms with Gasteiger partial charge in [0.05, 0.1) is 5.69 Å². The monoisotopic (exact) mass is 377 g/mol. The van der Waals surface area contributed by atoms with Crippen molar-refractivity contribution in [3.05, 3.63) is 42.5 Å². The highest BCUT2D eigenvalue weighted by Gasteiger charge is 2.29. The minimum absolute atomic E-state index is 0.107. The molecule has 0 radical (unpaired) electrons. The van der Waals surface area contributed by atoms with Crippen LogP contribution in [0.5, 0.6) is 0 Å². The topological polar surface area (TPSA) is 125 Å². The van der Waals surface area contributed by atoms with E-state index >= 15 is 0 Å². The maximum absolute atomic E-state index is 11.2. The Labute approximate surface area is 159 Å². The fourth-order valence-corrected chi connectivity index (χ4v) is 3.96. The van der Waals surface area contributed by atoms with Crippen LogP contribution in [0.2, 0.25) is 0 Å². The number of amides is 1. The number of aromatic amines is 1. The van der Waals surface area contributed by atoms with Gasteiger partial charge in [-0.2, -0.15) is 5.10 Å². The summed E-state index contributed by atoms with van der Waals surface area (Å²) in [4.78, 5) is 25.1. The summed E-state index contributed by atoms with van der Waals surface area (Å²) in [5, 5.41) is 14.7. The molecular weight excluding hydrogens is 358 g/mol. The number of aromatic nitrogens is 5. The molecule has 9 nitrogen and oxygen atoms in total. The lowest BCUT2D eigenvalue weighted by atomic mass is 9.96. The van der Waals surface area contributed by atoms with E-state index in [1.165, 1.54) is 11.2 Å². The number of hydrogen-bond donors (Lipinski definition) is 3. The molecule has 1 saturated heterocycles. The third-order valence-corrected chi connectivity index (χ3v) is 5.40. The van der Waals surface area contributed by atoms with Crippen LogP contribution in [0.4, 0.5) is 10.6 Å². The van der Waals surface area contributed by atoms with Crippen LogP contribution in [-0.4, -0.2) is 53.8 Å². The summed E-state index contributed by atoms with van der Waals surface area (Å²) in [7, 11) is 0. The molecule has 0 aliphatic carbocycles. The van der Waals surface area contributed by atoms with Crippen LogP contribution in [-0.2, 0) is 0 Å². The van der Waals surface area contributed by atoms with Gasteiger partial charge >= 0.3 is 6.09 Å². The van der Waals surface area contributed by atoms with Crippen LogP contribution >= 0.6 is 0 Å². The molecule has 0 spiro atoms. The summed E-state index contributed by atoms with van der Waals surface area (Å²) in [6.45, 7) is 0.967. The number of likely N-dealkylation sites (tertiary alicyclic amines) is 1. The zero-order valence-electron chi connectivity index (χ0n) is 15.0. The van der Waals surface area contributed by atoms with Gasteiger partial charge in [-0.15, -0.1) is 0 Å². The van der Waals surface area contributed by atoms with Crippen molar-refractivity contribution in [3.63, 3.8) is 0 Å². The van der Waals surface area contributed by atoms with E-state index in [2.05, 4.69) is 15.1 Å². The number of hydrogen-bond acceptors (Lipinski definition) is 5. The molecule has 9 heteroatoms. The van der Waals surface area contributed by atoms with Crippen LogP contribution in [0.1, 0.15) is 24.6 Å². The summed E-state index contributed by atoms with van der Waals surface area (Å²) in [6.07, 6.45) is 1.94. The minimum Gasteiger partial charge on any atom is -0.465 e. The lowest BCUT2D eigenvalue weighted by Gasteiger charge is -2.29. The van der Waals surface area contributed by atoms with Crippen LogP contribution in [0.3, 0.4) is 0 Å². The van der Waals surface area contributed by atoms with Gasteiger partial charge in [0, 0.05) is 29.9 Å². The predicted molar refractivity (Wildman–Crippen MR) is 104 cm³/mol. The molecular formula is C19H19N7O2. The van der Waals surface area contributed by atoms with Gasteiger partial charge in [-0.05, 0) is 25.0 Å². The van der Waals surface area contributed by atoms with Crippen LogP contribution in [0.15, 0.2) is 36.7 Å².